The number of benzene rings is 3. The smallest absolute Gasteiger partial charge is 0.128 e. The largest absolute Gasteiger partial charge is 0.497 e. The minimum absolute atomic E-state index is 0.722. The standard InChI is InChI=1S/C30H26BrN3OS/c1-35-24-16-12-20(13-17-24)26-19-34-28(29(36)32-23-7-3-2-4-8-23)27(21-10-14-22(31)15-11-21)25-9-5-6-18-33(26)30(25)34/h2-4,7-8,10-17,19H,5-6,9,18H2,1H3,(H,32,36). The van der Waals surface area contributed by atoms with Crippen LogP contribution in [0.3, 0.4) is 0 Å². The normalized spacial score (nSPS) is 12.9. The quantitative estimate of drug-likeness (QED) is 0.223. The zero-order valence-electron chi connectivity index (χ0n) is 20.0. The Morgan fingerprint density at radius 1 is 0.917 bits per heavy atom. The summed E-state index contributed by atoms with van der Waals surface area (Å²) in [6.45, 7) is 0.979. The molecular formula is C30H26BrN3OS. The SMILES string of the molecule is COc1ccc(-c2cn3c(C(=S)Nc4ccccc4)c(-c4ccc(Br)cc4)c4c3n2CCCC4)cc1. The van der Waals surface area contributed by atoms with E-state index in [9.17, 15) is 0 Å². The Morgan fingerprint density at radius 2 is 1.64 bits per heavy atom. The molecule has 0 saturated carbocycles. The number of nitrogens with one attached hydrogen (secondary N) is 1. The van der Waals surface area contributed by atoms with E-state index >= 15 is 0 Å². The van der Waals surface area contributed by atoms with Gasteiger partial charge in [0.2, 0.25) is 0 Å². The molecule has 6 rings (SSSR count). The molecule has 4 nitrogen and oxygen atoms in total. The van der Waals surface area contributed by atoms with Crippen LogP contribution >= 0.6 is 28.1 Å². The number of thiocarbonyl (C=S) groups is 1. The number of aromatic nitrogens is 2. The van der Waals surface area contributed by atoms with Crippen LogP contribution in [-0.2, 0) is 13.0 Å². The van der Waals surface area contributed by atoms with Gasteiger partial charge in [0.05, 0.1) is 18.5 Å². The van der Waals surface area contributed by atoms with E-state index in [4.69, 9.17) is 17.0 Å². The lowest BCUT2D eigenvalue weighted by Crippen LogP contribution is -2.14. The molecule has 2 aromatic heterocycles. The highest BCUT2D eigenvalue weighted by Gasteiger charge is 2.28. The second-order valence-corrected chi connectivity index (χ2v) is 10.4. The molecule has 0 aliphatic carbocycles. The van der Waals surface area contributed by atoms with E-state index in [2.05, 4.69) is 84.9 Å². The van der Waals surface area contributed by atoms with Crippen LogP contribution in [-0.4, -0.2) is 21.1 Å². The van der Waals surface area contributed by atoms with Crippen molar-refractivity contribution in [2.75, 3.05) is 12.4 Å². The second kappa shape index (κ2) is 9.60. The molecule has 0 radical (unpaired) electrons. The van der Waals surface area contributed by atoms with Crippen molar-refractivity contribution < 1.29 is 4.74 Å². The third-order valence-electron chi connectivity index (χ3n) is 6.90. The summed E-state index contributed by atoms with van der Waals surface area (Å²) >= 11 is 9.69. The van der Waals surface area contributed by atoms with Crippen LogP contribution in [0.25, 0.3) is 28.0 Å². The zero-order chi connectivity index (χ0) is 24.6. The highest BCUT2D eigenvalue weighted by atomic mass is 79.9. The molecule has 3 aromatic carbocycles. The van der Waals surface area contributed by atoms with E-state index < -0.39 is 0 Å². The summed E-state index contributed by atoms with van der Waals surface area (Å²) in [6.07, 6.45) is 5.56. The summed E-state index contributed by atoms with van der Waals surface area (Å²) in [7, 11) is 1.70. The van der Waals surface area contributed by atoms with Crippen LogP contribution in [0.4, 0.5) is 5.69 Å². The molecular weight excluding hydrogens is 530 g/mol. The molecule has 6 heteroatoms. The molecule has 0 atom stereocenters. The molecule has 1 aliphatic heterocycles. The first-order valence-electron chi connectivity index (χ1n) is 12.2. The molecule has 5 aromatic rings. The summed E-state index contributed by atoms with van der Waals surface area (Å²) < 4.78 is 11.3. The van der Waals surface area contributed by atoms with Gasteiger partial charge < -0.3 is 14.6 Å². The minimum Gasteiger partial charge on any atom is -0.497 e. The van der Waals surface area contributed by atoms with Crippen molar-refractivity contribution in [3.8, 4) is 28.1 Å². The number of para-hydroxylation sites is 1. The van der Waals surface area contributed by atoms with Crippen LogP contribution in [0.15, 0.2) is 89.5 Å². The molecule has 180 valence electrons. The van der Waals surface area contributed by atoms with Crippen molar-refractivity contribution in [2.45, 2.75) is 25.8 Å². The van der Waals surface area contributed by atoms with Crippen molar-refractivity contribution in [1.29, 1.82) is 0 Å². The van der Waals surface area contributed by atoms with E-state index in [1.807, 2.05) is 30.3 Å². The van der Waals surface area contributed by atoms with Gasteiger partial charge in [-0.05, 0) is 78.9 Å². The van der Waals surface area contributed by atoms with Crippen molar-refractivity contribution in [1.82, 2.24) is 8.97 Å². The average molecular weight is 557 g/mol. The van der Waals surface area contributed by atoms with Gasteiger partial charge in [-0.25, -0.2) is 0 Å². The van der Waals surface area contributed by atoms with E-state index in [-0.39, 0.29) is 0 Å². The van der Waals surface area contributed by atoms with Gasteiger partial charge in [0.15, 0.2) is 0 Å². The fraction of sp³-hybridized carbons (Fsp3) is 0.167. The third kappa shape index (κ3) is 4.04. The average Bonchev–Trinajstić information content (AvgIpc) is 3.32. The fourth-order valence-corrected chi connectivity index (χ4v) is 5.82. The van der Waals surface area contributed by atoms with E-state index in [1.165, 1.54) is 33.6 Å². The van der Waals surface area contributed by atoms with Gasteiger partial charge in [0.1, 0.15) is 16.4 Å². The number of aryl methyl sites for hydroxylation is 2. The third-order valence-corrected chi connectivity index (χ3v) is 7.72. The van der Waals surface area contributed by atoms with Crippen LogP contribution in [0.5, 0.6) is 5.75 Å². The lowest BCUT2D eigenvalue weighted by molar-refractivity contribution is 0.415. The number of ether oxygens (including phenoxy) is 1. The van der Waals surface area contributed by atoms with Crippen molar-refractivity contribution in [3.05, 3.63) is 101 Å². The summed E-state index contributed by atoms with van der Waals surface area (Å²) in [6, 6.07) is 27.1. The summed E-state index contributed by atoms with van der Waals surface area (Å²) in [5.41, 5.74) is 9.41. The van der Waals surface area contributed by atoms with Crippen LogP contribution in [0.2, 0.25) is 0 Å². The maximum atomic E-state index is 6.09. The molecule has 0 amide bonds. The second-order valence-electron chi connectivity index (χ2n) is 9.07. The van der Waals surface area contributed by atoms with Crippen LogP contribution in [0, 0.1) is 0 Å². The van der Waals surface area contributed by atoms with Crippen LogP contribution < -0.4 is 10.1 Å². The Kier molecular flexibility index (Phi) is 6.15. The predicted octanol–water partition coefficient (Wildman–Crippen LogP) is 7.97. The Morgan fingerprint density at radius 3 is 2.36 bits per heavy atom. The van der Waals surface area contributed by atoms with Gasteiger partial charge in [-0.2, -0.15) is 0 Å². The van der Waals surface area contributed by atoms with Gasteiger partial charge in [-0.3, -0.25) is 4.40 Å². The van der Waals surface area contributed by atoms with Gasteiger partial charge in [-0.15, -0.1) is 0 Å². The lowest BCUT2D eigenvalue weighted by atomic mass is 9.98. The summed E-state index contributed by atoms with van der Waals surface area (Å²) in [5, 5.41) is 3.50. The topological polar surface area (TPSA) is 30.6 Å². The molecule has 36 heavy (non-hydrogen) atoms. The van der Waals surface area contributed by atoms with Crippen molar-refractivity contribution in [2.24, 2.45) is 0 Å². The first-order valence-corrected chi connectivity index (χ1v) is 13.4. The molecule has 1 N–H and O–H groups in total. The van der Waals surface area contributed by atoms with Crippen molar-refractivity contribution in [3.63, 3.8) is 0 Å². The van der Waals surface area contributed by atoms with Crippen LogP contribution in [0.1, 0.15) is 24.1 Å². The van der Waals surface area contributed by atoms with Gasteiger partial charge in [-0.1, -0.05) is 58.5 Å². The van der Waals surface area contributed by atoms with E-state index in [1.54, 1.807) is 7.11 Å². The maximum absolute atomic E-state index is 6.09. The number of methoxy groups -OCH3 is 1. The Balaban J connectivity index is 1.60. The van der Waals surface area contributed by atoms with Gasteiger partial charge in [0.25, 0.3) is 0 Å². The first-order chi connectivity index (χ1) is 17.6. The van der Waals surface area contributed by atoms with E-state index in [0.29, 0.717) is 0 Å². The first kappa shape index (κ1) is 23.1. The molecule has 0 spiro atoms. The predicted molar refractivity (Wildman–Crippen MR) is 155 cm³/mol. The number of halogens is 1. The molecule has 0 fully saturated rings. The molecule has 0 unspecified atom stereocenters. The Hall–Kier alpha value is -3.35. The van der Waals surface area contributed by atoms with Crippen molar-refractivity contribution >= 4 is 44.5 Å². The molecule has 0 bridgehead atoms. The van der Waals surface area contributed by atoms with Gasteiger partial charge >= 0.3 is 0 Å². The molecule has 3 heterocycles. The highest BCUT2D eigenvalue weighted by molar-refractivity contribution is 9.10. The van der Waals surface area contributed by atoms with Gasteiger partial charge in [0, 0.05) is 34.0 Å². The number of imidazole rings is 1. The highest BCUT2D eigenvalue weighted by Crippen LogP contribution is 2.40. The number of hydrogen-bond acceptors (Lipinski definition) is 2. The number of rotatable bonds is 5. The number of nitrogens with zero attached hydrogens (tertiary/aromatic N) is 2. The summed E-state index contributed by atoms with van der Waals surface area (Å²) in [5.74, 6) is 0.861. The molecule has 1 aliphatic rings. The fourth-order valence-electron chi connectivity index (χ4n) is 5.24. The number of hydrogen-bond donors (Lipinski definition) is 1. The Labute approximate surface area is 224 Å². The zero-order valence-corrected chi connectivity index (χ0v) is 22.4. The minimum atomic E-state index is 0.722. The monoisotopic (exact) mass is 555 g/mol. The van der Waals surface area contributed by atoms with E-state index in [0.717, 1.165) is 52.4 Å². The maximum Gasteiger partial charge on any atom is 0.128 e. The lowest BCUT2D eigenvalue weighted by Gasteiger charge is -2.12. The summed E-state index contributed by atoms with van der Waals surface area (Å²) in [4.78, 5) is 0.722. The number of anilines is 1. The molecule has 0 saturated heterocycles. The Bertz CT molecular complexity index is 1550.